The summed E-state index contributed by atoms with van der Waals surface area (Å²) in [6, 6.07) is 0. The number of likely N-dealkylation sites (tertiary alicyclic amines) is 1. The quantitative estimate of drug-likeness (QED) is 0.759. The highest BCUT2D eigenvalue weighted by Gasteiger charge is 2.41. The Kier molecular flexibility index (Phi) is 5.71. The second kappa shape index (κ2) is 7.80. The van der Waals surface area contributed by atoms with Gasteiger partial charge >= 0.3 is 0 Å². The fraction of sp³-hybridized carbons (Fsp3) is 0.824. The predicted octanol–water partition coefficient (Wildman–Crippen LogP) is 0.387. The smallest absolute Gasteiger partial charge is 0.240 e. The Labute approximate surface area is 149 Å². The van der Waals surface area contributed by atoms with E-state index in [1.54, 1.807) is 7.11 Å². The number of piperazine rings is 1. The zero-order valence-corrected chi connectivity index (χ0v) is 15.5. The van der Waals surface area contributed by atoms with Gasteiger partial charge in [0.25, 0.3) is 0 Å². The van der Waals surface area contributed by atoms with E-state index in [0.717, 1.165) is 39.0 Å². The van der Waals surface area contributed by atoms with E-state index in [1.807, 2.05) is 11.9 Å². The average molecular weight is 351 g/mol. The molecule has 140 valence electrons. The molecule has 2 saturated heterocycles. The van der Waals surface area contributed by atoms with Gasteiger partial charge in [-0.1, -0.05) is 5.16 Å². The Bertz CT molecular complexity index is 593. The number of carbonyl (C=O) groups excluding carboxylic acids is 1. The third-order valence-corrected chi connectivity index (χ3v) is 5.62. The molecule has 3 rings (SSSR count). The van der Waals surface area contributed by atoms with Crippen LogP contribution >= 0.6 is 0 Å². The SMILES string of the molecule is COCCc1noc(CN2CCN(C)[C@]3(CCC(=O)N(C)CC3)C2)n1. The third kappa shape index (κ3) is 4.19. The molecule has 2 aliphatic rings. The topological polar surface area (TPSA) is 74.9 Å². The summed E-state index contributed by atoms with van der Waals surface area (Å²) in [5.41, 5.74) is 0.0531. The molecule has 3 heterocycles. The molecule has 1 atom stereocenters. The van der Waals surface area contributed by atoms with E-state index >= 15 is 0 Å². The zero-order chi connectivity index (χ0) is 17.9. The van der Waals surface area contributed by atoms with Crippen LogP contribution in [0.3, 0.4) is 0 Å². The molecule has 25 heavy (non-hydrogen) atoms. The van der Waals surface area contributed by atoms with E-state index in [2.05, 4.69) is 27.0 Å². The van der Waals surface area contributed by atoms with Gasteiger partial charge in [-0.15, -0.1) is 0 Å². The van der Waals surface area contributed by atoms with Crippen molar-refractivity contribution in [1.82, 2.24) is 24.8 Å². The summed E-state index contributed by atoms with van der Waals surface area (Å²) in [5, 5.41) is 4.02. The molecular weight excluding hydrogens is 322 g/mol. The van der Waals surface area contributed by atoms with Crippen molar-refractivity contribution in [2.24, 2.45) is 0 Å². The molecule has 0 radical (unpaired) electrons. The Morgan fingerprint density at radius 1 is 1.24 bits per heavy atom. The van der Waals surface area contributed by atoms with Crippen LogP contribution in [-0.4, -0.2) is 90.3 Å². The van der Waals surface area contributed by atoms with Crippen molar-refractivity contribution in [3.8, 4) is 0 Å². The van der Waals surface area contributed by atoms with E-state index in [0.29, 0.717) is 37.7 Å². The Morgan fingerprint density at radius 3 is 2.88 bits per heavy atom. The molecule has 2 aliphatic heterocycles. The van der Waals surface area contributed by atoms with Gasteiger partial charge in [-0.3, -0.25) is 14.6 Å². The van der Waals surface area contributed by atoms with Crippen LogP contribution in [0.15, 0.2) is 4.52 Å². The first-order chi connectivity index (χ1) is 12.0. The van der Waals surface area contributed by atoms with Gasteiger partial charge in [0.05, 0.1) is 13.2 Å². The highest BCUT2D eigenvalue weighted by atomic mass is 16.5. The molecule has 8 nitrogen and oxygen atoms in total. The number of carbonyl (C=O) groups is 1. The summed E-state index contributed by atoms with van der Waals surface area (Å²) in [5.74, 6) is 1.61. The van der Waals surface area contributed by atoms with Crippen LogP contribution in [0.4, 0.5) is 0 Å². The molecule has 0 aliphatic carbocycles. The van der Waals surface area contributed by atoms with Crippen molar-refractivity contribution in [3.63, 3.8) is 0 Å². The van der Waals surface area contributed by atoms with Gasteiger partial charge in [-0.25, -0.2) is 0 Å². The van der Waals surface area contributed by atoms with E-state index in [1.165, 1.54) is 0 Å². The molecule has 8 heteroatoms. The van der Waals surface area contributed by atoms with E-state index < -0.39 is 0 Å². The first-order valence-electron chi connectivity index (χ1n) is 9.00. The standard InChI is InChI=1S/C17H29N5O3/c1-20-8-7-17(6-4-16(20)23)13-22(10-9-21(17)2)12-15-18-14(19-25-15)5-11-24-3/h4-13H2,1-3H3/t17-/m0/s1. The van der Waals surface area contributed by atoms with Crippen molar-refractivity contribution in [2.45, 2.75) is 37.8 Å². The number of amides is 1. The first kappa shape index (κ1) is 18.3. The number of likely N-dealkylation sites (N-methyl/N-ethyl adjacent to an activating group) is 1. The van der Waals surface area contributed by atoms with Crippen molar-refractivity contribution in [2.75, 3.05) is 54.0 Å². The van der Waals surface area contributed by atoms with Gasteiger partial charge in [0.1, 0.15) is 0 Å². The van der Waals surface area contributed by atoms with Gasteiger partial charge < -0.3 is 14.2 Å². The second-order valence-electron chi connectivity index (χ2n) is 7.27. The van der Waals surface area contributed by atoms with Crippen molar-refractivity contribution in [3.05, 3.63) is 11.7 Å². The fourth-order valence-electron chi connectivity index (χ4n) is 3.82. The van der Waals surface area contributed by atoms with Crippen molar-refractivity contribution in [1.29, 1.82) is 0 Å². The maximum atomic E-state index is 12.1. The zero-order valence-electron chi connectivity index (χ0n) is 15.5. The number of aromatic nitrogens is 2. The Hall–Kier alpha value is -1.51. The number of rotatable bonds is 5. The summed E-state index contributed by atoms with van der Waals surface area (Å²) in [6.45, 7) is 4.97. The van der Waals surface area contributed by atoms with Gasteiger partial charge in [-0.2, -0.15) is 4.98 Å². The molecule has 0 bridgehead atoms. The maximum Gasteiger partial charge on any atom is 0.240 e. The molecule has 0 unspecified atom stereocenters. The first-order valence-corrected chi connectivity index (χ1v) is 9.00. The predicted molar refractivity (Wildman–Crippen MR) is 92.0 cm³/mol. The minimum Gasteiger partial charge on any atom is -0.384 e. The van der Waals surface area contributed by atoms with Crippen LogP contribution in [0.2, 0.25) is 0 Å². The molecule has 0 aromatic carbocycles. The van der Waals surface area contributed by atoms with Gasteiger partial charge in [0.2, 0.25) is 11.8 Å². The second-order valence-corrected chi connectivity index (χ2v) is 7.27. The lowest BCUT2D eigenvalue weighted by Crippen LogP contribution is -2.60. The molecule has 1 amide bonds. The minimum absolute atomic E-state index is 0.0531. The minimum atomic E-state index is 0.0531. The highest BCUT2D eigenvalue weighted by Crippen LogP contribution is 2.32. The van der Waals surface area contributed by atoms with Crippen LogP contribution < -0.4 is 0 Å². The molecule has 0 saturated carbocycles. The van der Waals surface area contributed by atoms with Crippen LogP contribution in [0.5, 0.6) is 0 Å². The highest BCUT2D eigenvalue weighted by molar-refractivity contribution is 5.76. The number of ether oxygens (including phenoxy) is 1. The van der Waals surface area contributed by atoms with Crippen LogP contribution in [0, 0.1) is 0 Å². The summed E-state index contributed by atoms with van der Waals surface area (Å²) >= 11 is 0. The summed E-state index contributed by atoms with van der Waals surface area (Å²) < 4.78 is 10.4. The van der Waals surface area contributed by atoms with E-state index in [9.17, 15) is 4.79 Å². The summed E-state index contributed by atoms with van der Waals surface area (Å²) in [6.07, 6.45) is 3.20. The lowest BCUT2D eigenvalue weighted by molar-refractivity contribution is -0.129. The van der Waals surface area contributed by atoms with E-state index in [4.69, 9.17) is 9.26 Å². The summed E-state index contributed by atoms with van der Waals surface area (Å²) in [4.78, 5) is 23.2. The molecule has 1 aromatic rings. The van der Waals surface area contributed by atoms with Crippen molar-refractivity contribution >= 4 is 5.91 Å². The van der Waals surface area contributed by atoms with Gasteiger partial charge in [-0.05, 0) is 19.9 Å². The fourth-order valence-corrected chi connectivity index (χ4v) is 3.82. The van der Waals surface area contributed by atoms with Crippen LogP contribution in [0.1, 0.15) is 31.0 Å². The molecular formula is C17H29N5O3. The van der Waals surface area contributed by atoms with Gasteiger partial charge in [0, 0.05) is 58.7 Å². The normalized spacial score (nSPS) is 26.4. The summed E-state index contributed by atoms with van der Waals surface area (Å²) in [7, 11) is 5.75. The van der Waals surface area contributed by atoms with E-state index in [-0.39, 0.29) is 11.4 Å². The van der Waals surface area contributed by atoms with Crippen LogP contribution in [-0.2, 0) is 22.5 Å². The number of hydrogen-bond donors (Lipinski definition) is 0. The number of methoxy groups -OCH3 is 1. The largest absolute Gasteiger partial charge is 0.384 e. The van der Waals surface area contributed by atoms with Crippen molar-refractivity contribution < 1.29 is 14.1 Å². The monoisotopic (exact) mass is 351 g/mol. The Morgan fingerprint density at radius 2 is 2.08 bits per heavy atom. The number of nitrogens with zero attached hydrogens (tertiary/aromatic N) is 5. The van der Waals surface area contributed by atoms with Crippen LogP contribution in [0.25, 0.3) is 0 Å². The molecule has 1 spiro atoms. The lowest BCUT2D eigenvalue weighted by atomic mass is 9.86. The lowest BCUT2D eigenvalue weighted by Gasteiger charge is -2.49. The third-order valence-electron chi connectivity index (χ3n) is 5.62. The van der Waals surface area contributed by atoms with Gasteiger partial charge in [0.15, 0.2) is 5.82 Å². The molecule has 2 fully saturated rings. The molecule has 1 aromatic heterocycles. The molecule has 0 N–H and O–H groups in total. The Balaban J connectivity index is 1.64. The average Bonchev–Trinajstić information content (AvgIpc) is 3.00. The number of hydrogen-bond acceptors (Lipinski definition) is 7. The maximum absolute atomic E-state index is 12.1.